The van der Waals surface area contributed by atoms with Gasteiger partial charge in [-0.1, -0.05) is 0 Å². The zero-order chi connectivity index (χ0) is 11.7. The van der Waals surface area contributed by atoms with E-state index in [1.165, 1.54) is 0 Å². The lowest BCUT2D eigenvalue weighted by Gasteiger charge is -2.37. The van der Waals surface area contributed by atoms with E-state index in [2.05, 4.69) is 5.32 Å². The highest BCUT2D eigenvalue weighted by Gasteiger charge is 2.45. The molecule has 1 saturated heterocycles. The fourth-order valence-electron chi connectivity index (χ4n) is 2.09. The lowest BCUT2D eigenvalue weighted by molar-refractivity contribution is -0.149. The fraction of sp³-hybridized carbons (Fsp3) is 0.818. The molecule has 2 atom stereocenters. The predicted molar refractivity (Wildman–Crippen MR) is 57.7 cm³/mol. The molecule has 0 bridgehead atoms. The number of ether oxygens (including phenoxy) is 1. The molecule has 0 aromatic rings. The second kappa shape index (κ2) is 4.41. The maximum atomic E-state index is 12.1. The molecule has 16 heavy (non-hydrogen) atoms. The lowest BCUT2D eigenvalue weighted by Crippen LogP contribution is -2.63. The van der Waals surface area contributed by atoms with E-state index in [0.717, 1.165) is 12.8 Å². The number of hydrogen-bond donors (Lipinski definition) is 1. The summed E-state index contributed by atoms with van der Waals surface area (Å²) in [5, 5.41) is 2.81. The molecule has 1 aliphatic heterocycles. The first kappa shape index (κ1) is 11.4. The summed E-state index contributed by atoms with van der Waals surface area (Å²) in [5.74, 6) is 0.355. The Balaban J connectivity index is 2.06. The van der Waals surface area contributed by atoms with Crippen molar-refractivity contribution < 1.29 is 14.3 Å². The van der Waals surface area contributed by atoms with Crippen LogP contribution in [0.5, 0.6) is 0 Å². The molecule has 0 radical (unpaired) electrons. The molecule has 1 N–H and O–H groups in total. The molecule has 90 valence electrons. The van der Waals surface area contributed by atoms with Gasteiger partial charge in [0, 0.05) is 13.7 Å². The molecule has 1 heterocycles. The fourth-order valence-corrected chi connectivity index (χ4v) is 2.09. The van der Waals surface area contributed by atoms with Crippen LogP contribution in [0.15, 0.2) is 0 Å². The highest BCUT2D eigenvalue weighted by atomic mass is 16.5. The van der Waals surface area contributed by atoms with Gasteiger partial charge in [0.15, 0.2) is 0 Å². The summed E-state index contributed by atoms with van der Waals surface area (Å²) in [6.07, 6.45) is 2.09. The Morgan fingerprint density at radius 3 is 2.69 bits per heavy atom. The van der Waals surface area contributed by atoms with Gasteiger partial charge in [0.1, 0.15) is 12.1 Å². The van der Waals surface area contributed by atoms with E-state index in [0.29, 0.717) is 19.1 Å². The normalized spacial score (nSPS) is 30.5. The van der Waals surface area contributed by atoms with E-state index >= 15 is 0 Å². The van der Waals surface area contributed by atoms with E-state index in [9.17, 15) is 9.59 Å². The Hall–Kier alpha value is -1.10. The highest BCUT2D eigenvalue weighted by Crippen LogP contribution is 2.34. The molecule has 0 aromatic carbocycles. The summed E-state index contributed by atoms with van der Waals surface area (Å²) in [5.41, 5.74) is 0. The van der Waals surface area contributed by atoms with E-state index in [-0.39, 0.29) is 23.9 Å². The third-order valence-electron chi connectivity index (χ3n) is 3.32. The second-order valence-electron chi connectivity index (χ2n) is 4.52. The number of piperazine rings is 1. The molecular formula is C11H18N2O3. The average Bonchev–Trinajstić information content (AvgIpc) is 3.07. The van der Waals surface area contributed by atoms with Crippen LogP contribution in [0.25, 0.3) is 0 Å². The zero-order valence-corrected chi connectivity index (χ0v) is 9.73. The van der Waals surface area contributed by atoms with Gasteiger partial charge in [0.2, 0.25) is 11.8 Å². The number of hydrogen-bond acceptors (Lipinski definition) is 3. The number of carbonyl (C=O) groups is 2. The van der Waals surface area contributed by atoms with Crippen LogP contribution >= 0.6 is 0 Å². The van der Waals surface area contributed by atoms with Gasteiger partial charge in [-0.15, -0.1) is 0 Å². The molecule has 2 aliphatic rings. The highest BCUT2D eigenvalue weighted by molar-refractivity contribution is 5.97. The Morgan fingerprint density at radius 1 is 1.44 bits per heavy atom. The summed E-state index contributed by atoms with van der Waals surface area (Å²) in [7, 11) is 1.59. The van der Waals surface area contributed by atoms with Crippen molar-refractivity contribution in [3.63, 3.8) is 0 Å². The minimum Gasteiger partial charge on any atom is -0.383 e. The third kappa shape index (κ3) is 2.04. The first-order chi connectivity index (χ1) is 7.65. The molecule has 1 saturated carbocycles. The van der Waals surface area contributed by atoms with Gasteiger partial charge in [-0.3, -0.25) is 9.59 Å². The molecule has 2 rings (SSSR count). The van der Waals surface area contributed by atoms with Gasteiger partial charge in [0.05, 0.1) is 6.61 Å². The minimum atomic E-state index is -0.377. The topological polar surface area (TPSA) is 58.6 Å². The third-order valence-corrected chi connectivity index (χ3v) is 3.32. The van der Waals surface area contributed by atoms with Crippen LogP contribution in [-0.2, 0) is 14.3 Å². The smallest absolute Gasteiger partial charge is 0.246 e. The minimum absolute atomic E-state index is 0.0478. The molecule has 5 heteroatoms. The van der Waals surface area contributed by atoms with Crippen LogP contribution in [0.3, 0.4) is 0 Å². The SMILES string of the molecule is COCCN1C(=O)C(C2CC2)NC(=O)C1C. The molecule has 0 spiro atoms. The van der Waals surface area contributed by atoms with Crippen molar-refractivity contribution in [3.05, 3.63) is 0 Å². The summed E-state index contributed by atoms with van der Waals surface area (Å²) in [6.45, 7) is 2.72. The summed E-state index contributed by atoms with van der Waals surface area (Å²) < 4.78 is 4.96. The Morgan fingerprint density at radius 2 is 2.12 bits per heavy atom. The van der Waals surface area contributed by atoms with Gasteiger partial charge in [-0.25, -0.2) is 0 Å². The summed E-state index contributed by atoms with van der Waals surface area (Å²) >= 11 is 0. The molecule has 0 aromatic heterocycles. The number of methoxy groups -OCH3 is 1. The van der Waals surface area contributed by atoms with Crippen molar-refractivity contribution in [2.75, 3.05) is 20.3 Å². The largest absolute Gasteiger partial charge is 0.383 e. The molecule has 2 unspecified atom stereocenters. The quantitative estimate of drug-likeness (QED) is 0.719. The number of nitrogens with zero attached hydrogens (tertiary/aromatic N) is 1. The van der Waals surface area contributed by atoms with Crippen LogP contribution < -0.4 is 5.32 Å². The zero-order valence-electron chi connectivity index (χ0n) is 9.73. The number of carbonyl (C=O) groups excluding carboxylic acids is 2. The van der Waals surface area contributed by atoms with Crippen LogP contribution in [0.1, 0.15) is 19.8 Å². The summed E-state index contributed by atoms with van der Waals surface area (Å²) in [4.78, 5) is 25.5. The van der Waals surface area contributed by atoms with Crippen LogP contribution in [-0.4, -0.2) is 49.1 Å². The summed E-state index contributed by atoms with van der Waals surface area (Å²) in [6, 6.07) is -0.668. The maximum absolute atomic E-state index is 12.1. The van der Waals surface area contributed by atoms with Gasteiger partial charge in [0.25, 0.3) is 0 Å². The predicted octanol–water partition coefficient (Wildman–Crippen LogP) is -0.242. The molecule has 2 amide bonds. The van der Waals surface area contributed by atoms with E-state index < -0.39 is 0 Å². The standard InChI is InChI=1S/C11H18N2O3/c1-7-10(14)12-9(8-3-4-8)11(15)13(7)5-6-16-2/h7-9H,3-6H2,1-2H3,(H,12,14). The Labute approximate surface area is 95.1 Å². The van der Waals surface area contributed by atoms with Crippen molar-refractivity contribution in [2.24, 2.45) is 5.92 Å². The van der Waals surface area contributed by atoms with Crippen LogP contribution in [0, 0.1) is 5.92 Å². The van der Waals surface area contributed by atoms with Crippen LogP contribution in [0.2, 0.25) is 0 Å². The van der Waals surface area contributed by atoms with Gasteiger partial charge in [-0.2, -0.15) is 0 Å². The van der Waals surface area contributed by atoms with E-state index in [1.807, 2.05) is 0 Å². The van der Waals surface area contributed by atoms with Crippen molar-refractivity contribution in [1.82, 2.24) is 10.2 Å². The monoisotopic (exact) mass is 226 g/mol. The Kier molecular flexibility index (Phi) is 3.14. The van der Waals surface area contributed by atoms with Crippen molar-refractivity contribution in [3.8, 4) is 0 Å². The van der Waals surface area contributed by atoms with Crippen molar-refractivity contribution >= 4 is 11.8 Å². The van der Waals surface area contributed by atoms with Crippen LogP contribution in [0.4, 0.5) is 0 Å². The number of amides is 2. The first-order valence-electron chi connectivity index (χ1n) is 5.75. The van der Waals surface area contributed by atoms with Crippen molar-refractivity contribution in [2.45, 2.75) is 31.8 Å². The van der Waals surface area contributed by atoms with E-state index in [1.54, 1.807) is 18.9 Å². The average molecular weight is 226 g/mol. The molecular weight excluding hydrogens is 208 g/mol. The van der Waals surface area contributed by atoms with Gasteiger partial charge in [-0.05, 0) is 25.7 Å². The first-order valence-corrected chi connectivity index (χ1v) is 5.75. The number of nitrogens with one attached hydrogen (secondary N) is 1. The van der Waals surface area contributed by atoms with Gasteiger partial charge >= 0.3 is 0 Å². The number of rotatable bonds is 4. The van der Waals surface area contributed by atoms with E-state index in [4.69, 9.17) is 4.74 Å². The molecule has 1 aliphatic carbocycles. The van der Waals surface area contributed by atoms with Gasteiger partial charge < -0.3 is 15.0 Å². The molecule has 2 fully saturated rings. The molecule has 5 nitrogen and oxygen atoms in total. The second-order valence-corrected chi connectivity index (χ2v) is 4.52. The lowest BCUT2D eigenvalue weighted by atomic mass is 10.0. The Bertz CT molecular complexity index is 302. The van der Waals surface area contributed by atoms with Crippen molar-refractivity contribution in [1.29, 1.82) is 0 Å². The maximum Gasteiger partial charge on any atom is 0.246 e.